The Morgan fingerprint density at radius 2 is 2.00 bits per heavy atom. The number of benzene rings is 1. The lowest BCUT2D eigenvalue weighted by atomic mass is 10.0. The quantitative estimate of drug-likeness (QED) is 0.905. The van der Waals surface area contributed by atoms with Gasteiger partial charge in [0.15, 0.2) is 0 Å². The maximum Gasteiger partial charge on any atom is 0.371 e. The van der Waals surface area contributed by atoms with Gasteiger partial charge in [-0.3, -0.25) is 4.90 Å². The first-order chi connectivity index (χ1) is 9.38. The van der Waals surface area contributed by atoms with Crippen molar-refractivity contribution in [2.45, 2.75) is 33.4 Å². The molecule has 0 saturated heterocycles. The third kappa shape index (κ3) is 3.02. The Morgan fingerprint density at radius 1 is 1.30 bits per heavy atom. The molecular weight excluding hydrogens is 254 g/mol. The lowest BCUT2D eigenvalue weighted by Gasteiger charge is -2.27. The summed E-state index contributed by atoms with van der Waals surface area (Å²) in [4.78, 5) is 13.2. The van der Waals surface area contributed by atoms with Crippen LogP contribution in [0.2, 0.25) is 0 Å². The minimum atomic E-state index is -1.03. The monoisotopic (exact) mass is 275 g/mol. The van der Waals surface area contributed by atoms with Gasteiger partial charge in [0.1, 0.15) is 5.58 Å². The fourth-order valence-electron chi connectivity index (χ4n) is 2.24. The molecule has 20 heavy (non-hydrogen) atoms. The van der Waals surface area contributed by atoms with Gasteiger partial charge in [-0.05, 0) is 43.7 Å². The second kappa shape index (κ2) is 5.67. The normalized spacial score (nSPS) is 13.3. The third-order valence-electron chi connectivity index (χ3n) is 3.88. The van der Waals surface area contributed by atoms with E-state index in [9.17, 15) is 4.79 Å². The van der Waals surface area contributed by atoms with Crippen molar-refractivity contribution in [3.8, 4) is 0 Å². The zero-order chi connectivity index (χ0) is 14.9. The number of fused-ring (bicyclic) bond motifs is 1. The number of hydrogen-bond donors (Lipinski definition) is 1. The van der Waals surface area contributed by atoms with Crippen LogP contribution in [0.15, 0.2) is 28.7 Å². The maximum absolute atomic E-state index is 10.9. The Bertz CT molecular complexity index is 615. The fourth-order valence-corrected chi connectivity index (χ4v) is 2.24. The highest BCUT2D eigenvalue weighted by Gasteiger charge is 2.14. The highest BCUT2D eigenvalue weighted by atomic mass is 16.4. The number of carboxylic acid groups (broad SMARTS) is 1. The molecule has 108 valence electrons. The van der Waals surface area contributed by atoms with Gasteiger partial charge in [-0.25, -0.2) is 4.79 Å². The lowest BCUT2D eigenvalue weighted by Crippen LogP contribution is -2.32. The Labute approximate surface area is 119 Å². The van der Waals surface area contributed by atoms with Gasteiger partial charge >= 0.3 is 5.97 Å². The van der Waals surface area contributed by atoms with Crippen LogP contribution in [0.4, 0.5) is 0 Å². The van der Waals surface area contributed by atoms with Crippen molar-refractivity contribution in [3.63, 3.8) is 0 Å². The van der Waals surface area contributed by atoms with E-state index in [-0.39, 0.29) is 5.76 Å². The zero-order valence-electron chi connectivity index (χ0n) is 12.4. The van der Waals surface area contributed by atoms with Crippen LogP contribution in [0, 0.1) is 5.92 Å². The van der Waals surface area contributed by atoms with E-state index in [1.807, 2.05) is 18.2 Å². The van der Waals surface area contributed by atoms with Crippen molar-refractivity contribution >= 4 is 16.9 Å². The molecule has 1 atom stereocenters. The van der Waals surface area contributed by atoms with Crippen molar-refractivity contribution in [2.24, 2.45) is 5.92 Å². The second-order valence-electron chi connectivity index (χ2n) is 5.69. The van der Waals surface area contributed by atoms with E-state index >= 15 is 0 Å². The van der Waals surface area contributed by atoms with E-state index in [1.54, 1.807) is 6.07 Å². The average Bonchev–Trinajstić information content (AvgIpc) is 2.80. The summed E-state index contributed by atoms with van der Waals surface area (Å²) < 4.78 is 5.26. The smallest absolute Gasteiger partial charge is 0.371 e. The Morgan fingerprint density at radius 3 is 2.60 bits per heavy atom. The summed E-state index contributed by atoms with van der Waals surface area (Å²) in [6, 6.07) is 7.89. The Balaban J connectivity index is 2.21. The SMILES string of the molecule is CC(C)C(C)N(C)Cc1ccc2oc(C(=O)O)cc2c1. The van der Waals surface area contributed by atoms with Gasteiger partial charge in [0.25, 0.3) is 0 Å². The lowest BCUT2D eigenvalue weighted by molar-refractivity contribution is 0.0665. The molecule has 0 aliphatic rings. The summed E-state index contributed by atoms with van der Waals surface area (Å²) in [5.74, 6) is -0.453. The molecule has 0 aliphatic heterocycles. The molecule has 4 heteroatoms. The van der Waals surface area contributed by atoms with Crippen LogP contribution in [0.5, 0.6) is 0 Å². The molecule has 0 bridgehead atoms. The number of nitrogens with zero attached hydrogens (tertiary/aromatic N) is 1. The van der Waals surface area contributed by atoms with Gasteiger partial charge in [-0.1, -0.05) is 19.9 Å². The number of furan rings is 1. The van der Waals surface area contributed by atoms with Crippen LogP contribution in [0.3, 0.4) is 0 Å². The van der Waals surface area contributed by atoms with Gasteiger partial charge in [-0.15, -0.1) is 0 Å². The number of carboxylic acids is 1. The number of aromatic carboxylic acids is 1. The molecule has 1 aromatic carbocycles. The molecule has 1 unspecified atom stereocenters. The number of carbonyl (C=O) groups is 1. The second-order valence-corrected chi connectivity index (χ2v) is 5.69. The zero-order valence-corrected chi connectivity index (χ0v) is 12.4. The van der Waals surface area contributed by atoms with E-state index in [1.165, 1.54) is 0 Å². The fraction of sp³-hybridized carbons (Fsp3) is 0.438. The predicted octanol–water partition coefficient (Wildman–Crippen LogP) is 3.61. The highest BCUT2D eigenvalue weighted by molar-refractivity contribution is 5.91. The summed E-state index contributed by atoms with van der Waals surface area (Å²) in [5, 5.41) is 9.77. The van der Waals surface area contributed by atoms with Gasteiger partial charge in [0.2, 0.25) is 5.76 Å². The van der Waals surface area contributed by atoms with E-state index in [0.29, 0.717) is 17.5 Å². The van der Waals surface area contributed by atoms with Crippen LogP contribution in [0.25, 0.3) is 11.0 Å². The summed E-state index contributed by atoms with van der Waals surface area (Å²) in [6.07, 6.45) is 0. The summed E-state index contributed by atoms with van der Waals surface area (Å²) in [5.41, 5.74) is 1.77. The number of rotatable bonds is 5. The first kappa shape index (κ1) is 14.6. The first-order valence-electron chi connectivity index (χ1n) is 6.84. The minimum Gasteiger partial charge on any atom is -0.475 e. The van der Waals surface area contributed by atoms with Crippen LogP contribution >= 0.6 is 0 Å². The summed E-state index contributed by atoms with van der Waals surface area (Å²) >= 11 is 0. The van der Waals surface area contributed by atoms with Gasteiger partial charge in [-0.2, -0.15) is 0 Å². The standard InChI is InChI=1S/C16H21NO3/c1-10(2)11(3)17(4)9-12-5-6-14-13(7-12)8-15(20-14)16(18)19/h5-8,10-11H,9H2,1-4H3,(H,18,19). The van der Waals surface area contributed by atoms with E-state index in [0.717, 1.165) is 17.5 Å². The Hall–Kier alpha value is -1.81. The van der Waals surface area contributed by atoms with Gasteiger partial charge in [0, 0.05) is 18.0 Å². The third-order valence-corrected chi connectivity index (χ3v) is 3.88. The molecule has 0 amide bonds. The van der Waals surface area contributed by atoms with Crippen molar-refractivity contribution in [1.82, 2.24) is 4.90 Å². The van der Waals surface area contributed by atoms with Crippen molar-refractivity contribution in [1.29, 1.82) is 0 Å². The van der Waals surface area contributed by atoms with Gasteiger partial charge in [0.05, 0.1) is 0 Å². The van der Waals surface area contributed by atoms with Crippen molar-refractivity contribution < 1.29 is 14.3 Å². The van der Waals surface area contributed by atoms with Crippen LogP contribution < -0.4 is 0 Å². The molecular formula is C16H21NO3. The summed E-state index contributed by atoms with van der Waals surface area (Å²) in [6.45, 7) is 7.46. The van der Waals surface area contributed by atoms with Crippen molar-refractivity contribution in [2.75, 3.05) is 7.05 Å². The molecule has 4 nitrogen and oxygen atoms in total. The first-order valence-corrected chi connectivity index (χ1v) is 6.84. The van der Waals surface area contributed by atoms with Crippen LogP contribution in [-0.2, 0) is 6.54 Å². The molecule has 0 saturated carbocycles. The topological polar surface area (TPSA) is 53.7 Å². The minimum absolute atomic E-state index is 0.0129. The molecule has 0 aliphatic carbocycles. The molecule has 1 heterocycles. The molecule has 0 spiro atoms. The maximum atomic E-state index is 10.9. The molecule has 0 fully saturated rings. The van der Waals surface area contributed by atoms with Crippen LogP contribution in [-0.4, -0.2) is 29.1 Å². The molecule has 1 N–H and O–H groups in total. The Kier molecular flexibility index (Phi) is 4.14. The largest absolute Gasteiger partial charge is 0.475 e. The number of hydrogen-bond acceptors (Lipinski definition) is 3. The van der Waals surface area contributed by atoms with Crippen LogP contribution in [0.1, 0.15) is 36.9 Å². The molecule has 2 aromatic rings. The van der Waals surface area contributed by atoms with E-state index in [4.69, 9.17) is 9.52 Å². The van der Waals surface area contributed by atoms with E-state index in [2.05, 4.69) is 32.7 Å². The highest BCUT2D eigenvalue weighted by Crippen LogP contribution is 2.22. The molecule has 1 aromatic heterocycles. The predicted molar refractivity (Wildman–Crippen MR) is 78.9 cm³/mol. The molecule has 0 radical (unpaired) electrons. The van der Waals surface area contributed by atoms with Crippen molar-refractivity contribution in [3.05, 3.63) is 35.6 Å². The van der Waals surface area contributed by atoms with E-state index < -0.39 is 5.97 Å². The summed E-state index contributed by atoms with van der Waals surface area (Å²) in [7, 11) is 2.10. The molecule has 2 rings (SSSR count). The average molecular weight is 275 g/mol. The van der Waals surface area contributed by atoms with Gasteiger partial charge < -0.3 is 9.52 Å².